The van der Waals surface area contributed by atoms with Crippen molar-refractivity contribution in [2.75, 3.05) is 6.61 Å². The van der Waals surface area contributed by atoms with Crippen LogP contribution in [0.15, 0.2) is 24.3 Å². The first-order valence-corrected chi connectivity index (χ1v) is 5.53. The van der Waals surface area contributed by atoms with E-state index in [9.17, 15) is 0 Å². The van der Waals surface area contributed by atoms with E-state index in [4.69, 9.17) is 9.84 Å². The lowest BCUT2D eigenvalue weighted by Crippen LogP contribution is -2.03. The standard InChI is InChI=1S/C14H18O2/c1-12(2)16-11-14-9-4-3-7-13(14)8-5-6-10-15/h3-4,7,9,12,15H,6,10-11H2,1-2H3. The van der Waals surface area contributed by atoms with Crippen LogP contribution in [0.2, 0.25) is 0 Å². The summed E-state index contributed by atoms with van der Waals surface area (Å²) in [4.78, 5) is 0. The van der Waals surface area contributed by atoms with Gasteiger partial charge in [-0.25, -0.2) is 0 Å². The minimum absolute atomic E-state index is 0.109. The molecule has 86 valence electrons. The van der Waals surface area contributed by atoms with Crippen molar-refractivity contribution in [3.8, 4) is 11.8 Å². The lowest BCUT2D eigenvalue weighted by atomic mass is 10.1. The first-order chi connectivity index (χ1) is 7.74. The summed E-state index contributed by atoms with van der Waals surface area (Å²) in [6.07, 6.45) is 0.734. The Hall–Kier alpha value is -1.30. The normalized spacial score (nSPS) is 10.0. The molecule has 1 N–H and O–H groups in total. The van der Waals surface area contributed by atoms with Crippen LogP contribution < -0.4 is 0 Å². The molecule has 2 nitrogen and oxygen atoms in total. The number of ether oxygens (including phenoxy) is 1. The van der Waals surface area contributed by atoms with Crippen molar-refractivity contribution in [2.24, 2.45) is 0 Å². The van der Waals surface area contributed by atoms with Crippen LogP contribution in [0.3, 0.4) is 0 Å². The zero-order valence-electron chi connectivity index (χ0n) is 9.86. The molecule has 0 bridgehead atoms. The molecule has 16 heavy (non-hydrogen) atoms. The van der Waals surface area contributed by atoms with Crippen LogP contribution in [0, 0.1) is 11.8 Å². The second kappa shape index (κ2) is 7.05. The third-order valence-corrected chi connectivity index (χ3v) is 2.05. The molecule has 1 aromatic rings. The van der Waals surface area contributed by atoms with Gasteiger partial charge in [-0.1, -0.05) is 30.0 Å². The van der Waals surface area contributed by atoms with E-state index in [0.29, 0.717) is 13.0 Å². The van der Waals surface area contributed by atoms with Crippen molar-refractivity contribution in [1.29, 1.82) is 0 Å². The molecule has 0 spiro atoms. The highest BCUT2D eigenvalue weighted by Crippen LogP contribution is 2.09. The second-order valence-corrected chi connectivity index (χ2v) is 3.79. The SMILES string of the molecule is CC(C)OCc1ccccc1C#CCCO. The van der Waals surface area contributed by atoms with E-state index in [1.165, 1.54) is 0 Å². The summed E-state index contributed by atoms with van der Waals surface area (Å²) < 4.78 is 5.56. The highest BCUT2D eigenvalue weighted by Gasteiger charge is 2.00. The zero-order valence-corrected chi connectivity index (χ0v) is 9.86. The molecular weight excluding hydrogens is 200 g/mol. The largest absolute Gasteiger partial charge is 0.395 e. The minimum atomic E-state index is 0.109. The molecular formula is C14H18O2. The minimum Gasteiger partial charge on any atom is -0.395 e. The Labute approximate surface area is 97.3 Å². The Morgan fingerprint density at radius 3 is 2.75 bits per heavy atom. The molecule has 1 rings (SSSR count). The Balaban J connectivity index is 2.72. The number of hydrogen-bond donors (Lipinski definition) is 1. The highest BCUT2D eigenvalue weighted by atomic mass is 16.5. The predicted octanol–water partition coefficient (Wildman–Crippen LogP) is 2.35. The maximum Gasteiger partial charge on any atom is 0.0732 e. The molecule has 0 aliphatic rings. The Morgan fingerprint density at radius 1 is 1.31 bits per heavy atom. The van der Waals surface area contributed by atoms with Crippen LogP contribution in [-0.4, -0.2) is 17.8 Å². The van der Waals surface area contributed by atoms with Crippen LogP contribution in [0.25, 0.3) is 0 Å². The average molecular weight is 218 g/mol. The molecule has 2 heteroatoms. The van der Waals surface area contributed by atoms with Gasteiger partial charge in [-0.15, -0.1) is 0 Å². The van der Waals surface area contributed by atoms with Crippen molar-refractivity contribution >= 4 is 0 Å². The monoisotopic (exact) mass is 218 g/mol. The van der Waals surface area contributed by atoms with E-state index in [-0.39, 0.29) is 12.7 Å². The number of hydrogen-bond acceptors (Lipinski definition) is 2. The zero-order chi connectivity index (χ0) is 11.8. The summed E-state index contributed by atoms with van der Waals surface area (Å²) in [5, 5.41) is 8.66. The van der Waals surface area contributed by atoms with Gasteiger partial charge < -0.3 is 9.84 Å². The van der Waals surface area contributed by atoms with Gasteiger partial charge in [0.1, 0.15) is 0 Å². The van der Waals surface area contributed by atoms with Gasteiger partial charge in [0.15, 0.2) is 0 Å². The smallest absolute Gasteiger partial charge is 0.0732 e. The van der Waals surface area contributed by atoms with Crippen LogP contribution in [0.1, 0.15) is 31.4 Å². The summed E-state index contributed by atoms with van der Waals surface area (Å²) in [7, 11) is 0. The summed E-state index contributed by atoms with van der Waals surface area (Å²) in [5.74, 6) is 5.97. The quantitative estimate of drug-likeness (QED) is 0.786. The molecule has 0 amide bonds. The molecule has 1 aromatic carbocycles. The van der Waals surface area contributed by atoms with E-state index >= 15 is 0 Å². The Bertz CT molecular complexity index is 372. The van der Waals surface area contributed by atoms with E-state index in [0.717, 1.165) is 11.1 Å². The summed E-state index contributed by atoms with van der Waals surface area (Å²) in [6.45, 7) is 4.72. The van der Waals surface area contributed by atoms with Crippen molar-refractivity contribution in [2.45, 2.75) is 33.0 Å². The lowest BCUT2D eigenvalue weighted by Gasteiger charge is -2.08. The van der Waals surface area contributed by atoms with Gasteiger partial charge in [0.05, 0.1) is 19.3 Å². The van der Waals surface area contributed by atoms with E-state index in [1.54, 1.807) is 0 Å². The van der Waals surface area contributed by atoms with Crippen LogP contribution in [0.4, 0.5) is 0 Å². The van der Waals surface area contributed by atoms with Gasteiger partial charge in [-0.2, -0.15) is 0 Å². The third kappa shape index (κ3) is 4.48. The van der Waals surface area contributed by atoms with Gasteiger partial charge in [0.2, 0.25) is 0 Å². The lowest BCUT2D eigenvalue weighted by molar-refractivity contribution is 0.0656. The predicted molar refractivity (Wildman–Crippen MR) is 64.9 cm³/mol. The van der Waals surface area contributed by atoms with Crippen molar-refractivity contribution in [3.05, 3.63) is 35.4 Å². The van der Waals surface area contributed by atoms with Gasteiger partial charge in [0.25, 0.3) is 0 Å². The summed E-state index contributed by atoms with van der Waals surface area (Å²) in [6, 6.07) is 7.94. The maximum atomic E-state index is 8.66. The third-order valence-electron chi connectivity index (χ3n) is 2.05. The molecule has 0 heterocycles. The van der Waals surface area contributed by atoms with E-state index in [1.807, 2.05) is 38.1 Å². The van der Waals surface area contributed by atoms with Crippen molar-refractivity contribution in [1.82, 2.24) is 0 Å². The molecule has 0 unspecified atom stereocenters. The first-order valence-electron chi connectivity index (χ1n) is 5.53. The molecule has 0 radical (unpaired) electrons. The molecule has 0 atom stereocenters. The van der Waals surface area contributed by atoms with E-state index < -0.39 is 0 Å². The Kier molecular flexibility index (Phi) is 5.63. The fourth-order valence-corrected chi connectivity index (χ4v) is 1.24. The molecule has 0 aromatic heterocycles. The summed E-state index contributed by atoms with van der Waals surface area (Å²) in [5.41, 5.74) is 2.08. The van der Waals surface area contributed by atoms with Gasteiger partial charge >= 0.3 is 0 Å². The van der Waals surface area contributed by atoms with Gasteiger partial charge in [-0.05, 0) is 25.5 Å². The van der Waals surface area contributed by atoms with Crippen molar-refractivity contribution < 1.29 is 9.84 Å². The van der Waals surface area contributed by atoms with Gasteiger partial charge in [-0.3, -0.25) is 0 Å². The van der Waals surface area contributed by atoms with E-state index in [2.05, 4.69) is 11.8 Å². The van der Waals surface area contributed by atoms with Crippen molar-refractivity contribution in [3.63, 3.8) is 0 Å². The topological polar surface area (TPSA) is 29.5 Å². The fraction of sp³-hybridized carbons (Fsp3) is 0.429. The first kappa shape index (κ1) is 12.8. The number of aliphatic hydroxyl groups is 1. The highest BCUT2D eigenvalue weighted by molar-refractivity contribution is 5.40. The summed E-state index contributed by atoms with van der Waals surface area (Å²) >= 11 is 0. The molecule has 0 saturated heterocycles. The number of aliphatic hydroxyl groups excluding tert-OH is 1. The van der Waals surface area contributed by atoms with Crippen LogP contribution in [-0.2, 0) is 11.3 Å². The van der Waals surface area contributed by atoms with Crippen LogP contribution >= 0.6 is 0 Å². The van der Waals surface area contributed by atoms with Crippen LogP contribution in [0.5, 0.6) is 0 Å². The molecule has 0 aliphatic carbocycles. The Morgan fingerprint density at radius 2 is 2.06 bits per heavy atom. The molecule has 0 aliphatic heterocycles. The van der Waals surface area contributed by atoms with Gasteiger partial charge in [0, 0.05) is 12.0 Å². The number of benzene rings is 1. The maximum absolute atomic E-state index is 8.66. The molecule has 0 saturated carbocycles. The molecule has 0 fully saturated rings. The fourth-order valence-electron chi connectivity index (χ4n) is 1.24. The average Bonchev–Trinajstić information content (AvgIpc) is 2.28. The second-order valence-electron chi connectivity index (χ2n) is 3.79. The number of rotatable bonds is 4.